The number of hydrogen-bond donors (Lipinski definition) is 1. The van der Waals surface area contributed by atoms with Gasteiger partial charge in [-0.1, -0.05) is 56.5 Å². The number of benzene rings is 1. The average Bonchev–Trinajstić information content (AvgIpc) is 2.38. The summed E-state index contributed by atoms with van der Waals surface area (Å²) in [5, 5.41) is 9.61. The van der Waals surface area contributed by atoms with Gasteiger partial charge in [0.2, 0.25) is 11.6 Å². The van der Waals surface area contributed by atoms with Crippen LogP contribution < -0.4 is 0 Å². The van der Waals surface area contributed by atoms with Gasteiger partial charge >= 0.3 is 0 Å². The van der Waals surface area contributed by atoms with Crippen LogP contribution in [0.5, 0.6) is 0 Å². The molecule has 0 heterocycles. The van der Waals surface area contributed by atoms with Gasteiger partial charge in [0, 0.05) is 5.56 Å². The zero-order chi connectivity index (χ0) is 12.7. The van der Waals surface area contributed by atoms with Crippen molar-refractivity contribution in [3.63, 3.8) is 0 Å². The fraction of sp³-hybridized carbons (Fsp3) is 0.429. The lowest BCUT2D eigenvalue weighted by Crippen LogP contribution is -2.28. The molecule has 17 heavy (non-hydrogen) atoms. The van der Waals surface area contributed by atoms with E-state index in [2.05, 4.69) is 0 Å². The van der Waals surface area contributed by atoms with Gasteiger partial charge in [0.15, 0.2) is 0 Å². The molecule has 0 amide bonds. The Kier molecular flexibility index (Phi) is 5.57. The number of ketones is 2. The minimum absolute atomic E-state index is 0.340. The molecule has 0 saturated heterocycles. The van der Waals surface area contributed by atoms with E-state index in [-0.39, 0.29) is 0 Å². The molecule has 1 atom stereocenters. The van der Waals surface area contributed by atoms with E-state index < -0.39 is 17.7 Å². The van der Waals surface area contributed by atoms with E-state index in [1.54, 1.807) is 30.3 Å². The highest BCUT2D eigenvalue weighted by atomic mass is 16.3. The Hall–Kier alpha value is -1.48. The van der Waals surface area contributed by atoms with Crippen molar-refractivity contribution in [3.8, 4) is 0 Å². The summed E-state index contributed by atoms with van der Waals surface area (Å²) in [7, 11) is 0. The fourth-order valence-electron chi connectivity index (χ4n) is 1.60. The number of aliphatic hydroxyl groups excluding tert-OH is 1. The second-order valence-corrected chi connectivity index (χ2v) is 4.07. The molecule has 0 fully saturated rings. The zero-order valence-electron chi connectivity index (χ0n) is 10.1. The van der Waals surface area contributed by atoms with Crippen LogP contribution in [0, 0.1) is 0 Å². The maximum atomic E-state index is 11.7. The molecule has 3 nitrogen and oxygen atoms in total. The molecule has 1 rings (SSSR count). The molecule has 1 aromatic rings. The van der Waals surface area contributed by atoms with Crippen molar-refractivity contribution < 1.29 is 14.7 Å². The van der Waals surface area contributed by atoms with Crippen LogP contribution in [0.4, 0.5) is 0 Å². The number of hydrogen-bond acceptors (Lipinski definition) is 3. The summed E-state index contributed by atoms with van der Waals surface area (Å²) in [6, 6.07) is 8.34. The smallest absolute Gasteiger partial charge is 0.231 e. The molecule has 0 bridgehead atoms. The molecule has 0 aliphatic heterocycles. The third kappa shape index (κ3) is 4.11. The van der Waals surface area contributed by atoms with Crippen molar-refractivity contribution in [3.05, 3.63) is 35.9 Å². The van der Waals surface area contributed by atoms with Crippen LogP contribution >= 0.6 is 0 Å². The largest absolute Gasteiger partial charge is 0.385 e. The lowest BCUT2D eigenvalue weighted by Gasteiger charge is -2.08. The summed E-state index contributed by atoms with van der Waals surface area (Å²) in [5.41, 5.74) is 0.340. The van der Waals surface area contributed by atoms with Crippen LogP contribution in [0.3, 0.4) is 0 Å². The SMILES string of the molecule is CCCCCC(O)C(=O)C(=O)c1ccccc1. The van der Waals surface area contributed by atoms with Gasteiger partial charge in [-0.25, -0.2) is 0 Å². The van der Waals surface area contributed by atoms with E-state index >= 15 is 0 Å². The first-order valence-electron chi connectivity index (χ1n) is 5.98. The van der Waals surface area contributed by atoms with Crippen LogP contribution in [-0.2, 0) is 4.79 Å². The Labute approximate surface area is 101 Å². The van der Waals surface area contributed by atoms with Crippen molar-refractivity contribution in [1.82, 2.24) is 0 Å². The van der Waals surface area contributed by atoms with Gasteiger partial charge in [0.1, 0.15) is 6.10 Å². The molecule has 0 aliphatic carbocycles. The Bertz CT molecular complexity index is 370. The predicted molar refractivity (Wildman–Crippen MR) is 65.9 cm³/mol. The molecule has 0 aromatic heterocycles. The van der Waals surface area contributed by atoms with E-state index in [1.807, 2.05) is 6.92 Å². The normalized spacial score (nSPS) is 12.1. The second-order valence-electron chi connectivity index (χ2n) is 4.07. The highest BCUT2D eigenvalue weighted by Crippen LogP contribution is 2.08. The van der Waals surface area contributed by atoms with Gasteiger partial charge < -0.3 is 5.11 Å². The molecule has 0 radical (unpaired) electrons. The lowest BCUT2D eigenvalue weighted by atomic mass is 10.0. The summed E-state index contributed by atoms with van der Waals surface area (Å²) in [5.74, 6) is -1.30. The van der Waals surface area contributed by atoms with Crippen LogP contribution in [0.1, 0.15) is 43.0 Å². The monoisotopic (exact) mass is 234 g/mol. The summed E-state index contributed by atoms with van der Waals surface area (Å²) in [6.07, 6.45) is 1.96. The van der Waals surface area contributed by atoms with E-state index in [1.165, 1.54) is 0 Å². The van der Waals surface area contributed by atoms with Gasteiger partial charge in [-0.3, -0.25) is 9.59 Å². The molecule has 1 N–H and O–H groups in total. The first kappa shape index (κ1) is 13.6. The molecular weight excluding hydrogens is 216 g/mol. The lowest BCUT2D eigenvalue weighted by molar-refractivity contribution is -0.123. The van der Waals surface area contributed by atoms with E-state index in [4.69, 9.17) is 0 Å². The van der Waals surface area contributed by atoms with Crippen molar-refractivity contribution in [2.24, 2.45) is 0 Å². The molecule has 0 saturated carbocycles. The van der Waals surface area contributed by atoms with Crippen molar-refractivity contribution in [2.45, 2.75) is 38.7 Å². The summed E-state index contributed by atoms with van der Waals surface area (Å²) in [6.45, 7) is 2.04. The van der Waals surface area contributed by atoms with Gasteiger partial charge in [0.25, 0.3) is 0 Å². The molecule has 1 aromatic carbocycles. The second kappa shape index (κ2) is 6.97. The maximum Gasteiger partial charge on any atom is 0.231 e. The van der Waals surface area contributed by atoms with Crippen molar-refractivity contribution in [2.75, 3.05) is 0 Å². The van der Waals surface area contributed by atoms with Crippen molar-refractivity contribution in [1.29, 1.82) is 0 Å². The Morgan fingerprint density at radius 2 is 1.82 bits per heavy atom. The average molecular weight is 234 g/mol. The topological polar surface area (TPSA) is 54.4 Å². The predicted octanol–water partition coefficient (Wildman–Crippen LogP) is 2.38. The minimum Gasteiger partial charge on any atom is -0.385 e. The Balaban J connectivity index is 2.55. The van der Waals surface area contributed by atoms with Crippen LogP contribution in [0.2, 0.25) is 0 Å². The first-order valence-corrected chi connectivity index (χ1v) is 5.98. The quantitative estimate of drug-likeness (QED) is 0.447. The molecule has 0 spiro atoms. The Morgan fingerprint density at radius 3 is 2.41 bits per heavy atom. The van der Waals surface area contributed by atoms with E-state index in [0.717, 1.165) is 19.3 Å². The Morgan fingerprint density at radius 1 is 1.18 bits per heavy atom. The molecular formula is C14H18O3. The zero-order valence-corrected chi connectivity index (χ0v) is 10.1. The molecule has 1 unspecified atom stereocenters. The minimum atomic E-state index is -1.16. The summed E-state index contributed by atoms with van der Waals surface area (Å²) in [4.78, 5) is 23.3. The molecule has 92 valence electrons. The van der Waals surface area contributed by atoms with E-state index in [9.17, 15) is 14.7 Å². The molecule has 3 heteroatoms. The van der Waals surface area contributed by atoms with Gasteiger partial charge in [-0.2, -0.15) is 0 Å². The number of rotatable bonds is 7. The van der Waals surface area contributed by atoms with Crippen LogP contribution in [-0.4, -0.2) is 22.8 Å². The number of carbonyl (C=O) groups excluding carboxylic acids is 2. The number of unbranched alkanes of at least 4 members (excludes halogenated alkanes) is 2. The van der Waals surface area contributed by atoms with Gasteiger partial charge in [-0.15, -0.1) is 0 Å². The number of Topliss-reactive ketones (excluding diaryl/α,β-unsaturated/α-hetero) is 2. The summed E-state index contributed by atoms with van der Waals surface area (Å²) >= 11 is 0. The van der Waals surface area contributed by atoms with Crippen LogP contribution in [0.25, 0.3) is 0 Å². The summed E-state index contributed by atoms with van der Waals surface area (Å²) < 4.78 is 0. The third-order valence-corrected chi connectivity index (χ3v) is 2.64. The third-order valence-electron chi connectivity index (χ3n) is 2.64. The van der Waals surface area contributed by atoms with Gasteiger partial charge in [0.05, 0.1) is 0 Å². The van der Waals surface area contributed by atoms with Crippen molar-refractivity contribution >= 4 is 11.6 Å². The maximum absolute atomic E-state index is 11.7. The number of aliphatic hydroxyl groups is 1. The van der Waals surface area contributed by atoms with Crippen LogP contribution in [0.15, 0.2) is 30.3 Å². The fourth-order valence-corrected chi connectivity index (χ4v) is 1.60. The van der Waals surface area contributed by atoms with E-state index in [0.29, 0.717) is 12.0 Å². The first-order chi connectivity index (χ1) is 8.16. The molecule has 0 aliphatic rings. The number of carbonyl (C=O) groups is 2. The standard InChI is InChI=1S/C14H18O3/c1-2-3-5-10-12(15)14(17)13(16)11-8-6-4-7-9-11/h4,6-9,12,15H,2-3,5,10H2,1H3. The highest BCUT2D eigenvalue weighted by Gasteiger charge is 2.23. The van der Waals surface area contributed by atoms with Gasteiger partial charge in [-0.05, 0) is 6.42 Å². The highest BCUT2D eigenvalue weighted by molar-refractivity contribution is 6.45.